The Bertz CT molecular complexity index is 691. The second-order valence-electron chi connectivity index (χ2n) is 6.21. The molecule has 4 nitrogen and oxygen atoms in total. The molecule has 0 radical (unpaired) electrons. The first kappa shape index (κ1) is 17.8. The molecule has 0 bridgehead atoms. The number of hydrogen-bond acceptors (Lipinski definition) is 3. The third kappa shape index (κ3) is 4.33. The summed E-state index contributed by atoms with van der Waals surface area (Å²) in [5.41, 5.74) is 2.18. The molecule has 1 heterocycles. The molecule has 0 spiro atoms. The molecule has 3 rings (SSSR count). The van der Waals surface area contributed by atoms with Crippen LogP contribution in [0, 0.1) is 0 Å². The van der Waals surface area contributed by atoms with E-state index in [0.717, 1.165) is 23.7 Å². The summed E-state index contributed by atoms with van der Waals surface area (Å²) in [6.07, 6.45) is -0.265. The van der Waals surface area contributed by atoms with E-state index in [4.69, 9.17) is 16.3 Å². The molecule has 1 aliphatic rings. The Morgan fingerprint density at radius 1 is 1.16 bits per heavy atom. The van der Waals surface area contributed by atoms with Gasteiger partial charge in [-0.15, -0.1) is 0 Å². The molecule has 25 heavy (non-hydrogen) atoms. The van der Waals surface area contributed by atoms with E-state index in [1.807, 2.05) is 66.4 Å². The van der Waals surface area contributed by atoms with Crippen LogP contribution in [0.5, 0.6) is 0 Å². The molecular formula is C20H23ClN2O2. The van der Waals surface area contributed by atoms with Crippen molar-refractivity contribution in [3.63, 3.8) is 0 Å². The summed E-state index contributed by atoms with van der Waals surface area (Å²) in [5.74, 6) is 0.237. The maximum Gasteiger partial charge on any atom is 0.410 e. The Balaban J connectivity index is 1.68. The van der Waals surface area contributed by atoms with Gasteiger partial charge in [-0.3, -0.25) is 0 Å². The highest BCUT2D eigenvalue weighted by Crippen LogP contribution is 2.28. The van der Waals surface area contributed by atoms with Crippen LogP contribution in [0.25, 0.3) is 0 Å². The number of carbonyl (C=O) groups is 1. The highest BCUT2D eigenvalue weighted by atomic mass is 35.5. The van der Waals surface area contributed by atoms with Crippen molar-refractivity contribution in [3.05, 3.63) is 70.7 Å². The Hall–Kier alpha value is -2.04. The van der Waals surface area contributed by atoms with Crippen molar-refractivity contribution in [1.29, 1.82) is 0 Å². The van der Waals surface area contributed by atoms with E-state index in [-0.39, 0.29) is 18.1 Å². The van der Waals surface area contributed by atoms with Gasteiger partial charge in [0.05, 0.1) is 6.04 Å². The topological polar surface area (TPSA) is 41.6 Å². The Labute approximate surface area is 153 Å². The van der Waals surface area contributed by atoms with E-state index >= 15 is 0 Å². The number of benzene rings is 2. The molecule has 132 valence electrons. The molecule has 1 aliphatic heterocycles. The van der Waals surface area contributed by atoms with Gasteiger partial charge in [0.25, 0.3) is 0 Å². The number of ether oxygens (including phenoxy) is 1. The van der Waals surface area contributed by atoms with Crippen LogP contribution in [0.3, 0.4) is 0 Å². The number of hydrogen-bond donors (Lipinski definition) is 1. The van der Waals surface area contributed by atoms with E-state index in [1.54, 1.807) is 0 Å². The number of carbonyl (C=O) groups excluding carboxylic acids is 1. The fourth-order valence-corrected chi connectivity index (χ4v) is 3.47. The van der Waals surface area contributed by atoms with Gasteiger partial charge in [0.2, 0.25) is 0 Å². The van der Waals surface area contributed by atoms with Gasteiger partial charge in [0.1, 0.15) is 6.61 Å². The predicted octanol–water partition coefficient (Wildman–Crippen LogP) is 4.05. The lowest BCUT2D eigenvalue weighted by molar-refractivity contribution is 0.0827. The lowest BCUT2D eigenvalue weighted by Crippen LogP contribution is -2.44. The Kier molecular flexibility index (Phi) is 5.95. The predicted molar refractivity (Wildman–Crippen MR) is 99.9 cm³/mol. The van der Waals surface area contributed by atoms with Gasteiger partial charge < -0.3 is 15.0 Å². The minimum Gasteiger partial charge on any atom is -0.445 e. The van der Waals surface area contributed by atoms with Crippen LogP contribution in [0.4, 0.5) is 4.79 Å². The van der Waals surface area contributed by atoms with E-state index in [1.165, 1.54) is 5.56 Å². The number of nitrogens with zero attached hydrogens (tertiary/aromatic N) is 1. The van der Waals surface area contributed by atoms with Crippen molar-refractivity contribution in [2.24, 2.45) is 0 Å². The second-order valence-corrected chi connectivity index (χ2v) is 6.65. The summed E-state index contributed by atoms with van der Waals surface area (Å²) in [7, 11) is 0. The van der Waals surface area contributed by atoms with Gasteiger partial charge >= 0.3 is 6.09 Å². The lowest BCUT2D eigenvalue weighted by atomic mass is 9.93. The van der Waals surface area contributed by atoms with Crippen LogP contribution in [-0.4, -0.2) is 36.7 Å². The van der Waals surface area contributed by atoms with Crippen LogP contribution in [0.2, 0.25) is 5.02 Å². The first-order valence-electron chi connectivity index (χ1n) is 8.62. The molecule has 2 aromatic rings. The van der Waals surface area contributed by atoms with Crippen LogP contribution in [-0.2, 0) is 11.3 Å². The number of halogens is 1. The first-order valence-corrected chi connectivity index (χ1v) is 9.00. The average molecular weight is 359 g/mol. The van der Waals surface area contributed by atoms with Crippen molar-refractivity contribution in [3.8, 4) is 0 Å². The molecule has 1 N–H and O–H groups in total. The average Bonchev–Trinajstić information content (AvgIpc) is 3.11. The largest absolute Gasteiger partial charge is 0.445 e. The molecule has 2 aromatic carbocycles. The summed E-state index contributed by atoms with van der Waals surface area (Å²) in [5, 5.41) is 4.12. The molecule has 2 atom stereocenters. The minimum absolute atomic E-state index is 0.0782. The SMILES string of the molecule is CCN(C(=O)OCc1ccccc1)[C@@H]1CNC[C@H]1c1ccc(Cl)cc1. The fraction of sp³-hybridized carbons (Fsp3) is 0.350. The highest BCUT2D eigenvalue weighted by Gasteiger charge is 2.35. The van der Waals surface area contributed by atoms with Crippen LogP contribution < -0.4 is 5.32 Å². The van der Waals surface area contributed by atoms with E-state index in [0.29, 0.717) is 13.2 Å². The zero-order valence-corrected chi connectivity index (χ0v) is 15.1. The molecular weight excluding hydrogens is 336 g/mol. The summed E-state index contributed by atoms with van der Waals surface area (Å²) >= 11 is 5.99. The fourth-order valence-electron chi connectivity index (χ4n) is 3.34. The Morgan fingerprint density at radius 2 is 1.88 bits per heavy atom. The molecule has 0 saturated carbocycles. The van der Waals surface area contributed by atoms with E-state index < -0.39 is 0 Å². The van der Waals surface area contributed by atoms with Crippen molar-refractivity contribution < 1.29 is 9.53 Å². The number of amides is 1. The lowest BCUT2D eigenvalue weighted by Gasteiger charge is -2.31. The maximum absolute atomic E-state index is 12.6. The summed E-state index contributed by atoms with van der Waals surface area (Å²) in [6, 6.07) is 17.7. The van der Waals surface area contributed by atoms with Gasteiger partial charge in [0.15, 0.2) is 0 Å². The monoisotopic (exact) mass is 358 g/mol. The maximum atomic E-state index is 12.6. The molecule has 1 fully saturated rings. The second kappa shape index (κ2) is 8.37. The zero-order valence-electron chi connectivity index (χ0n) is 14.3. The molecule has 1 amide bonds. The minimum atomic E-state index is -0.265. The third-order valence-corrected chi connectivity index (χ3v) is 4.91. The summed E-state index contributed by atoms with van der Waals surface area (Å²) < 4.78 is 5.53. The van der Waals surface area contributed by atoms with Crippen LogP contribution in [0.1, 0.15) is 24.0 Å². The van der Waals surface area contributed by atoms with E-state index in [2.05, 4.69) is 5.32 Å². The van der Waals surface area contributed by atoms with Crippen molar-refractivity contribution in [2.75, 3.05) is 19.6 Å². The normalized spacial score (nSPS) is 19.6. The molecule has 1 saturated heterocycles. The van der Waals surface area contributed by atoms with Gasteiger partial charge in [-0.05, 0) is 30.2 Å². The van der Waals surface area contributed by atoms with Crippen molar-refractivity contribution >= 4 is 17.7 Å². The molecule has 0 unspecified atom stereocenters. The smallest absolute Gasteiger partial charge is 0.410 e. The van der Waals surface area contributed by atoms with Crippen molar-refractivity contribution in [1.82, 2.24) is 10.2 Å². The molecule has 0 aliphatic carbocycles. The van der Waals surface area contributed by atoms with Gasteiger partial charge in [-0.2, -0.15) is 0 Å². The number of likely N-dealkylation sites (N-methyl/N-ethyl adjacent to an activating group) is 1. The van der Waals surface area contributed by atoms with Gasteiger partial charge in [-0.25, -0.2) is 4.79 Å². The Morgan fingerprint density at radius 3 is 2.56 bits per heavy atom. The summed E-state index contributed by atoms with van der Waals surface area (Å²) in [6.45, 7) is 4.50. The number of rotatable bonds is 5. The number of nitrogens with one attached hydrogen (secondary N) is 1. The standard InChI is InChI=1S/C20H23ClN2O2/c1-2-23(20(24)25-14-15-6-4-3-5-7-15)19-13-22-12-18(19)16-8-10-17(21)11-9-16/h3-11,18-19,22H,2,12-14H2,1H3/t18-,19+/m0/s1. The highest BCUT2D eigenvalue weighted by molar-refractivity contribution is 6.30. The van der Waals surface area contributed by atoms with Gasteiger partial charge in [0, 0.05) is 30.6 Å². The molecule has 0 aromatic heterocycles. The first-order chi connectivity index (χ1) is 12.2. The van der Waals surface area contributed by atoms with Crippen LogP contribution >= 0.6 is 11.6 Å². The van der Waals surface area contributed by atoms with E-state index in [9.17, 15) is 4.79 Å². The van der Waals surface area contributed by atoms with Gasteiger partial charge in [-0.1, -0.05) is 54.1 Å². The molecule has 5 heteroatoms. The zero-order chi connectivity index (χ0) is 17.6. The third-order valence-electron chi connectivity index (χ3n) is 4.66. The van der Waals surface area contributed by atoms with Crippen LogP contribution in [0.15, 0.2) is 54.6 Å². The quantitative estimate of drug-likeness (QED) is 0.876. The van der Waals surface area contributed by atoms with Crippen molar-refractivity contribution in [2.45, 2.75) is 25.5 Å². The summed E-state index contributed by atoms with van der Waals surface area (Å²) in [4.78, 5) is 14.4.